The SMILES string of the molecule is CCOC(=O)C1=C(C)NC(=S)N[C@@H]1c1ccc(OCC#N)c(OC)c1. The van der Waals surface area contributed by atoms with Gasteiger partial charge in [-0.1, -0.05) is 6.07 Å². The molecule has 0 unspecified atom stereocenters. The van der Waals surface area contributed by atoms with E-state index in [4.69, 9.17) is 31.7 Å². The Morgan fingerprint density at radius 2 is 2.16 bits per heavy atom. The third-order valence-corrected chi connectivity index (χ3v) is 3.80. The summed E-state index contributed by atoms with van der Waals surface area (Å²) in [4.78, 5) is 12.4. The van der Waals surface area contributed by atoms with Crippen molar-refractivity contribution in [1.29, 1.82) is 5.26 Å². The topological polar surface area (TPSA) is 92.6 Å². The highest BCUT2D eigenvalue weighted by Gasteiger charge is 2.31. The first-order valence-corrected chi connectivity index (χ1v) is 8.05. The van der Waals surface area contributed by atoms with Crippen LogP contribution < -0.4 is 20.1 Å². The molecule has 0 aromatic heterocycles. The Balaban J connectivity index is 2.43. The number of nitrogens with one attached hydrogen (secondary N) is 2. The van der Waals surface area contributed by atoms with E-state index >= 15 is 0 Å². The number of allylic oxidation sites excluding steroid dienone is 1. The number of methoxy groups -OCH3 is 1. The number of hydrogen-bond acceptors (Lipinski definition) is 6. The maximum atomic E-state index is 12.4. The molecular formula is C17H19N3O4S. The lowest BCUT2D eigenvalue weighted by Gasteiger charge is -2.30. The lowest BCUT2D eigenvalue weighted by Crippen LogP contribution is -2.45. The summed E-state index contributed by atoms with van der Waals surface area (Å²) in [6.07, 6.45) is 0. The van der Waals surface area contributed by atoms with Crippen LogP contribution in [0.1, 0.15) is 25.5 Å². The Kier molecular flexibility index (Phi) is 6.19. The van der Waals surface area contributed by atoms with Crippen molar-refractivity contribution in [1.82, 2.24) is 10.6 Å². The standard InChI is InChI=1S/C17H19N3O4S/c1-4-23-16(21)14-10(2)19-17(25)20-15(14)11-5-6-12(24-8-7-18)13(9-11)22-3/h5-6,9,15H,4,8H2,1-3H3,(H2,19,20,25)/t15-/m1/s1. The van der Waals surface area contributed by atoms with Gasteiger partial charge in [0.1, 0.15) is 6.07 Å². The van der Waals surface area contributed by atoms with Crippen LogP contribution in [-0.2, 0) is 9.53 Å². The second-order valence-corrected chi connectivity index (χ2v) is 5.56. The lowest BCUT2D eigenvalue weighted by molar-refractivity contribution is -0.139. The number of hydrogen-bond donors (Lipinski definition) is 2. The molecular weight excluding hydrogens is 342 g/mol. The molecule has 7 nitrogen and oxygen atoms in total. The summed E-state index contributed by atoms with van der Waals surface area (Å²) in [5, 5.41) is 15.1. The van der Waals surface area contributed by atoms with Gasteiger partial charge in [-0.25, -0.2) is 4.79 Å². The number of esters is 1. The zero-order valence-electron chi connectivity index (χ0n) is 14.2. The molecule has 0 bridgehead atoms. The van der Waals surface area contributed by atoms with Crippen molar-refractivity contribution in [2.75, 3.05) is 20.3 Å². The number of nitrogens with zero attached hydrogens (tertiary/aromatic N) is 1. The molecule has 2 N–H and O–H groups in total. The van der Waals surface area contributed by atoms with Gasteiger partial charge in [-0.15, -0.1) is 0 Å². The number of benzene rings is 1. The minimum absolute atomic E-state index is 0.0848. The fraction of sp³-hybridized carbons (Fsp3) is 0.353. The van der Waals surface area contributed by atoms with Crippen LogP contribution >= 0.6 is 12.2 Å². The van der Waals surface area contributed by atoms with Crippen molar-refractivity contribution in [3.63, 3.8) is 0 Å². The van der Waals surface area contributed by atoms with Gasteiger partial charge in [0.05, 0.1) is 25.3 Å². The summed E-state index contributed by atoms with van der Waals surface area (Å²) in [7, 11) is 1.51. The molecule has 0 saturated heterocycles. The molecule has 0 saturated carbocycles. The smallest absolute Gasteiger partial charge is 0.338 e. The molecule has 0 aliphatic carbocycles. The van der Waals surface area contributed by atoms with Gasteiger partial charge in [0, 0.05) is 5.70 Å². The maximum absolute atomic E-state index is 12.4. The molecule has 1 aliphatic rings. The second-order valence-electron chi connectivity index (χ2n) is 5.15. The molecule has 8 heteroatoms. The van der Waals surface area contributed by atoms with Crippen molar-refractivity contribution in [2.45, 2.75) is 19.9 Å². The molecule has 0 amide bonds. The minimum atomic E-state index is -0.480. The number of carbonyl (C=O) groups excluding carboxylic acids is 1. The molecule has 132 valence electrons. The predicted octanol–water partition coefficient (Wildman–Crippen LogP) is 1.95. The van der Waals surface area contributed by atoms with Crippen molar-refractivity contribution in [2.24, 2.45) is 0 Å². The molecule has 1 aromatic carbocycles. The number of carbonyl (C=O) groups is 1. The summed E-state index contributed by atoms with van der Waals surface area (Å²) in [6, 6.07) is 6.65. The van der Waals surface area contributed by atoms with E-state index in [1.807, 2.05) is 6.07 Å². The lowest BCUT2D eigenvalue weighted by atomic mass is 9.95. The molecule has 1 aliphatic heterocycles. The van der Waals surface area contributed by atoms with Crippen molar-refractivity contribution in [3.05, 3.63) is 35.0 Å². The zero-order valence-corrected chi connectivity index (χ0v) is 15.0. The summed E-state index contributed by atoms with van der Waals surface area (Å²) >= 11 is 5.21. The number of nitriles is 1. The van der Waals surface area contributed by atoms with Crippen molar-refractivity contribution in [3.8, 4) is 17.6 Å². The molecule has 0 radical (unpaired) electrons. The van der Waals surface area contributed by atoms with Crippen molar-refractivity contribution >= 4 is 23.3 Å². The fourth-order valence-corrected chi connectivity index (χ4v) is 2.79. The monoisotopic (exact) mass is 361 g/mol. The first-order chi connectivity index (χ1) is 12.0. The van der Waals surface area contributed by atoms with Crippen LogP contribution in [-0.4, -0.2) is 31.4 Å². The average molecular weight is 361 g/mol. The van der Waals surface area contributed by atoms with E-state index in [2.05, 4.69) is 10.6 Å². The highest BCUT2D eigenvalue weighted by Crippen LogP contribution is 2.34. The van der Waals surface area contributed by atoms with Gasteiger partial charge in [0.2, 0.25) is 0 Å². The predicted molar refractivity (Wildman–Crippen MR) is 95.0 cm³/mol. The van der Waals surface area contributed by atoms with Gasteiger partial charge >= 0.3 is 5.97 Å². The number of rotatable bonds is 6. The summed E-state index contributed by atoms with van der Waals surface area (Å²) in [6.45, 7) is 3.71. The van der Waals surface area contributed by atoms with Gasteiger partial charge < -0.3 is 24.8 Å². The Morgan fingerprint density at radius 3 is 2.80 bits per heavy atom. The molecule has 2 rings (SSSR count). The van der Waals surface area contributed by atoms with Crippen LogP contribution in [0.15, 0.2) is 29.5 Å². The van der Waals surface area contributed by atoms with E-state index in [0.29, 0.717) is 27.9 Å². The normalized spacial score (nSPS) is 16.4. The van der Waals surface area contributed by atoms with Crippen LogP contribution in [0.4, 0.5) is 0 Å². The van der Waals surface area contributed by atoms with E-state index in [0.717, 1.165) is 5.56 Å². The Bertz CT molecular complexity index is 755. The fourth-order valence-electron chi connectivity index (χ4n) is 2.52. The highest BCUT2D eigenvalue weighted by atomic mass is 32.1. The van der Waals surface area contributed by atoms with Gasteiger partial charge in [-0.2, -0.15) is 5.26 Å². The quantitative estimate of drug-likeness (QED) is 0.587. The van der Waals surface area contributed by atoms with E-state index < -0.39 is 12.0 Å². The highest BCUT2D eigenvalue weighted by molar-refractivity contribution is 7.80. The van der Waals surface area contributed by atoms with Crippen LogP contribution in [0.3, 0.4) is 0 Å². The Labute approximate surface area is 151 Å². The summed E-state index contributed by atoms with van der Waals surface area (Å²) in [5.41, 5.74) is 1.84. The van der Waals surface area contributed by atoms with Gasteiger partial charge in [0.25, 0.3) is 0 Å². The molecule has 0 fully saturated rings. The van der Waals surface area contributed by atoms with Crippen LogP contribution in [0, 0.1) is 11.3 Å². The molecule has 25 heavy (non-hydrogen) atoms. The summed E-state index contributed by atoms with van der Waals surface area (Å²) in [5.74, 6) is 0.485. The van der Waals surface area contributed by atoms with E-state index in [9.17, 15) is 4.79 Å². The van der Waals surface area contributed by atoms with Gasteiger partial charge in [-0.3, -0.25) is 0 Å². The zero-order chi connectivity index (χ0) is 18.4. The second kappa shape index (κ2) is 8.35. The average Bonchev–Trinajstić information content (AvgIpc) is 2.59. The summed E-state index contributed by atoms with van der Waals surface area (Å²) < 4.78 is 15.8. The van der Waals surface area contributed by atoms with Crippen molar-refractivity contribution < 1.29 is 19.0 Å². The maximum Gasteiger partial charge on any atom is 0.338 e. The van der Waals surface area contributed by atoms with Gasteiger partial charge in [0.15, 0.2) is 23.2 Å². The molecule has 1 aromatic rings. The first-order valence-electron chi connectivity index (χ1n) is 7.64. The van der Waals surface area contributed by atoms with Crippen LogP contribution in [0.2, 0.25) is 0 Å². The third-order valence-electron chi connectivity index (χ3n) is 3.58. The minimum Gasteiger partial charge on any atom is -0.493 e. The van der Waals surface area contributed by atoms with E-state index in [1.54, 1.807) is 32.0 Å². The van der Waals surface area contributed by atoms with Crippen LogP contribution in [0.5, 0.6) is 11.5 Å². The third kappa shape index (κ3) is 4.19. The molecule has 0 spiro atoms. The van der Waals surface area contributed by atoms with E-state index in [1.165, 1.54) is 7.11 Å². The molecule has 1 heterocycles. The van der Waals surface area contributed by atoms with Gasteiger partial charge in [-0.05, 0) is 43.8 Å². The largest absolute Gasteiger partial charge is 0.493 e. The Hall–Kier alpha value is -2.79. The number of thiocarbonyl (C=S) groups is 1. The first kappa shape index (κ1) is 18.5. The van der Waals surface area contributed by atoms with Crippen LogP contribution in [0.25, 0.3) is 0 Å². The Morgan fingerprint density at radius 1 is 1.40 bits per heavy atom. The van der Waals surface area contributed by atoms with E-state index in [-0.39, 0.29) is 13.2 Å². The number of ether oxygens (including phenoxy) is 3. The molecule has 1 atom stereocenters.